The lowest BCUT2D eigenvalue weighted by molar-refractivity contribution is 0.467. The standard InChI is InChI=1S/C17H17NOS/c1-13-9-10-19-15(13)12-18-17(16-8-5-11-20-16)14-6-3-2-4-7-14/h2-11,17-18H,12H2,1H3. The van der Waals surface area contributed by atoms with E-state index in [-0.39, 0.29) is 6.04 Å². The average Bonchev–Trinajstić information content (AvgIpc) is 3.13. The summed E-state index contributed by atoms with van der Waals surface area (Å²) in [5.74, 6) is 1.00. The molecule has 3 aromatic rings. The summed E-state index contributed by atoms with van der Waals surface area (Å²) in [6, 6.07) is 17.0. The minimum atomic E-state index is 0.209. The van der Waals surface area contributed by atoms with Gasteiger partial charge in [0.05, 0.1) is 18.8 Å². The van der Waals surface area contributed by atoms with Gasteiger partial charge in [-0.2, -0.15) is 0 Å². The minimum absolute atomic E-state index is 0.209. The van der Waals surface area contributed by atoms with Crippen LogP contribution in [0.4, 0.5) is 0 Å². The molecule has 1 aromatic carbocycles. The van der Waals surface area contributed by atoms with Crippen LogP contribution >= 0.6 is 11.3 Å². The van der Waals surface area contributed by atoms with Crippen molar-refractivity contribution in [1.29, 1.82) is 0 Å². The van der Waals surface area contributed by atoms with Crippen molar-refractivity contribution in [3.05, 3.63) is 81.9 Å². The van der Waals surface area contributed by atoms with Gasteiger partial charge in [-0.1, -0.05) is 36.4 Å². The second kappa shape index (κ2) is 6.07. The summed E-state index contributed by atoms with van der Waals surface area (Å²) in [6.07, 6.45) is 1.75. The van der Waals surface area contributed by atoms with E-state index in [4.69, 9.17) is 4.42 Å². The predicted octanol–water partition coefficient (Wildman–Crippen LogP) is 4.53. The van der Waals surface area contributed by atoms with Crippen molar-refractivity contribution in [3.8, 4) is 0 Å². The Bertz CT molecular complexity index is 643. The van der Waals surface area contributed by atoms with Crippen molar-refractivity contribution in [1.82, 2.24) is 5.32 Å². The van der Waals surface area contributed by atoms with E-state index in [0.717, 1.165) is 12.3 Å². The molecule has 1 atom stereocenters. The average molecular weight is 283 g/mol. The Morgan fingerprint density at radius 3 is 2.60 bits per heavy atom. The van der Waals surface area contributed by atoms with Crippen molar-refractivity contribution in [2.24, 2.45) is 0 Å². The zero-order valence-electron chi connectivity index (χ0n) is 11.4. The fourth-order valence-electron chi connectivity index (χ4n) is 2.26. The van der Waals surface area contributed by atoms with E-state index in [1.165, 1.54) is 16.0 Å². The Morgan fingerprint density at radius 2 is 1.95 bits per heavy atom. The molecule has 1 unspecified atom stereocenters. The number of hydrogen-bond acceptors (Lipinski definition) is 3. The van der Waals surface area contributed by atoms with Gasteiger partial charge in [0, 0.05) is 4.88 Å². The first-order chi connectivity index (χ1) is 9.84. The zero-order valence-corrected chi connectivity index (χ0v) is 12.2. The lowest BCUT2D eigenvalue weighted by Gasteiger charge is -2.17. The summed E-state index contributed by atoms with van der Waals surface area (Å²) < 4.78 is 5.51. The maximum atomic E-state index is 5.51. The molecule has 0 aliphatic rings. The maximum Gasteiger partial charge on any atom is 0.120 e. The Hall–Kier alpha value is -1.84. The summed E-state index contributed by atoms with van der Waals surface area (Å²) in [7, 11) is 0. The highest BCUT2D eigenvalue weighted by Crippen LogP contribution is 2.26. The van der Waals surface area contributed by atoms with Crippen LogP contribution in [0.15, 0.2) is 64.6 Å². The fourth-order valence-corrected chi connectivity index (χ4v) is 3.09. The molecule has 0 amide bonds. The molecule has 0 saturated carbocycles. The molecule has 102 valence electrons. The fraction of sp³-hybridized carbons (Fsp3) is 0.176. The molecule has 0 saturated heterocycles. The Balaban J connectivity index is 1.82. The molecule has 2 aromatic heterocycles. The molecule has 3 heteroatoms. The van der Waals surface area contributed by atoms with E-state index in [1.54, 1.807) is 17.6 Å². The molecular weight excluding hydrogens is 266 g/mol. The molecule has 1 N–H and O–H groups in total. The maximum absolute atomic E-state index is 5.51. The van der Waals surface area contributed by atoms with E-state index in [9.17, 15) is 0 Å². The van der Waals surface area contributed by atoms with Crippen LogP contribution < -0.4 is 5.32 Å². The molecular formula is C17H17NOS. The largest absolute Gasteiger partial charge is 0.468 e. The van der Waals surface area contributed by atoms with Crippen LogP contribution in [0, 0.1) is 6.92 Å². The van der Waals surface area contributed by atoms with Gasteiger partial charge in [0.25, 0.3) is 0 Å². The van der Waals surface area contributed by atoms with E-state index in [2.05, 4.69) is 54.0 Å². The molecule has 2 nitrogen and oxygen atoms in total. The third kappa shape index (κ3) is 2.84. The van der Waals surface area contributed by atoms with Gasteiger partial charge in [-0.05, 0) is 35.6 Å². The molecule has 20 heavy (non-hydrogen) atoms. The highest BCUT2D eigenvalue weighted by atomic mass is 32.1. The quantitative estimate of drug-likeness (QED) is 0.744. The molecule has 3 rings (SSSR count). The van der Waals surface area contributed by atoms with Crippen molar-refractivity contribution in [2.45, 2.75) is 19.5 Å². The first-order valence-corrected chi connectivity index (χ1v) is 7.57. The highest BCUT2D eigenvalue weighted by Gasteiger charge is 2.15. The Kier molecular flexibility index (Phi) is 4.00. The van der Waals surface area contributed by atoms with Crippen LogP contribution in [0.25, 0.3) is 0 Å². The van der Waals surface area contributed by atoms with E-state index in [1.807, 2.05) is 12.1 Å². The summed E-state index contributed by atoms with van der Waals surface area (Å²) in [4.78, 5) is 1.32. The molecule has 0 radical (unpaired) electrons. The molecule has 2 heterocycles. The topological polar surface area (TPSA) is 25.2 Å². The third-order valence-corrected chi connectivity index (χ3v) is 4.33. The summed E-state index contributed by atoms with van der Waals surface area (Å²) in [5, 5.41) is 5.71. The second-order valence-corrected chi connectivity index (χ2v) is 5.75. The van der Waals surface area contributed by atoms with Gasteiger partial charge < -0.3 is 4.42 Å². The second-order valence-electron chi connectivity index (χ2n) is 4.77. The van der Waals surface area contributed by atoms with Gasteiger partial charge in [-0.3, -0.25) is 5.32 Å². The van der Waals surface area contributed by atoms with E-state index < -0.39 is 0 Å². The molecule has 0 bridgehead atoms. The molecule has 0 spiro atoms. The number of thiophene rings is 1. The van der Waals surface area contributed by atoms with Crippen molar-refractivity contribution in [2.75, 3.05) is 0 Å². The van der Waals surface area contributed by atoms with E-state index in [0.29, 0.717) is 0 Å². The van der Waals surface area contributed by atoms with Gasteiger partial charge in [0.15, 0.2) is 0 Å². The van der Waals surface area contributed by atoms with Crippen LogP contribution in [0.2, 0.25) is 0 Å². The summed E-state index contributed by atoms with van der Waals surface area (Å²) in [5.41, 5.74) is 2.47. The smallest absolute Gasteiger partial charge is 0.120 e. The van der Waals surface area contributed by atoms with E-state index >= 15 is 0 Å². The highest BCUT2D eigenvalue weighted by molar-refractivity contribution is 7.10. The van der Waals surface area contributed by atoms with Crippen molar-refractivity contribution >= 4 is 11.3 Å². The number of hydrogen-bond donors (Lipinski definition) is 1. The first kappa shape index (κ1) is 13.2. The lowest BCUT2D eigenvalue weighted by Crippen LogP contribution is -2.21. The Labute approximate surface area is 123 Å². The monoisotopic (exact) mass is 283 g/mol. The van der Waals surface area contributed by atoms with Gasteiger partial charge >= 0.3 is 0 Å². The van der Waals surface area contributed by atoms with Crippen LogP contribution in [-0.4, -0.2) is 0 Å². The van der Waals surface area contributed by atoms with Gasteiger partial charge in [0.2, 0.25) is 0 Å². The number of benzene rings is 1. The number of rotatable bonds is 5. The number of aryl methyl sites for hydroxylation is 1. The summed E-state index contributed by atoms with van der Waals surface area (Å²) in [6.45, 7) is 2.81. The molecule has 0 aliphatic heterocycles. The Morgan fingerprint density at radius 1 is 1.10 bits per heavy atom. The van der Waals surface area contributed by atoms with Gasteiger partial charge in [0.1, 0.15) is 5.76 Å². The van der Waals surface area contributed by atoms with Crippen molar-refractivity contribution < 1.29 is 4.42 Å². The SMILES string of the molecule is Cc1ccoc1CNC(c1ccccc1)c1cccs1. The van der Waals surface area contributed by atoms with Gasteiger partial charge in [-0.15, -0.1) is 11.3 Å². The summed E-state index contributed by atoms with van der Waals surface area (Å²) >= 11 is 1.77. The number of nitrogens with one attached hydrogen (secondary N) is 1. The number of furan rings is 1. The van der Waals surface area contributed by atoms with Crippen LogP contribution in [-0.2, 0) is 6.54 Å². The first-order valence-electron chi connectivity index (χ1n) is 6.69. The van der Waals surface area contributed by atoms with Crippen LogP contribution in [0.5, 0.6) is 0 Å². The third-order valence-electron chi connectivity index (χ3n) is 3.40. The zero-order chi connectivity index (χ0) is 13.8. The normalized spacial score (nSPS) is 12.4. The lowest BCUT2D eigenvalue weighted by atomic mass is 10.1. The van der Waals surface area contributed by atoms with Crippen LogP contribution in [0.3, 0.4) is 0 Å². The molecule has 0 fully saturated rings. The minimum Gasteiger partial charge on any atom is -0.468 e. The van der Waals surface area contributed by atoms with Crippen LogP contribution in [0.1, 0.15) is 27.8 Å². The van der Waals surface area contributed by atoms with Crippen molar-refractivity contribution in [3.63, 3.8) is 0 Å². The predicted molar refractivity (Wildman–Crippen MR) is 82.9 cm³/mol. The molecule has 0 aliphatic carbocycles. The van der Waals surface area contributed by atoms with Gasteiger partial charge in [-0.25, -0.2) is 0 Å².